The van der Waals surface area contributed by atoms with Crippen molar-refractivity contribution in [1.29, 1.82) is 0 Å². The number of nitrogens with zero attached hydrogens (tertiary/aromatic N) is 1. The van der Waals surface area contributed by atoms with Crippen LogP contribution >= 0.6 is 0 Å². The van der Waals surface area contributed by atoms with Crippen LogP contribution in [0.5, 0.6) is 0 Å². The Morgan fingerprint density at radius 2 is 1.80 bits per heavy atom. The number of nitrogens with one attached hydrogen (secondary N) is 1. The van der Waals surface area contributed by atoms with Crippen LogP contribution in [-0.2, 0) is 25.9 Å². The fourth-order valence-corrected chi connectivity index (χ4v) is 3.50. The second-order valence-corrected chi connectivity index (χ2v) is 5.90. The van der Waals surface area contributed by atoms with Crippen LogP contribution in [0.3, 0.4) is 0 Å². The highest BCUT2D eigenvalue weighted by Crippen LogP contribution is 2.22. The smallest absolute Gasteiger partial charge is 0.0226 e. The lowest BCUT2D eigenvalue weighted by molar-refractivity contribution is 0.531. The van der Waals surface area contributed by atoms with Crippen LogP contribution in [0.25, 0.3) is 0 Å². The molecular formula is C18H24N2. The lowest BCUT2D eigenvalue weighted by atomic mass is 10.1. The Morgan fingerprint density at radius 1 is 1.15 bits per heavy atom. The molecule has 0 radical (unpaired) electrons. The summed E-state index contributed by atoms with van der Waals surface area (Å²) in [5.41, 5.74) is 7.26. The number of fused-ring (bicyclic) bond motifs is 1. The molecule has 106 valence electrons. The van der Waals surface area contributed by atoms with Gasteiger partial charge in [0.2, 0.25) is 0 Å². The second kappa shape index (κ2) is 5.45. The molecule has 0 bridgehead atoms. The molecule has 1 N–H and O–H groups in total. The van der Waals surface area contributed by atoms with Crippen molar-refractivity contribution in [2.75, 3.05) is 0 Å². The molecule has 0 amide bonds. The zero-order valence-corrected chi connectivity index (χ0v) is 12.7. The number of rotatable bonds is 4. The van der Waals surface area contributed by atoms with Crippen LogP contribution in [0.4, 0.5) is 0 Å². The Kier molecular flexibility index (Phi) is 3.66. The Labute approximate surface area is 121 Å². The molecule has 2 aromatic rings. The van der Waals surface area contributed by atoms with Crippen LogP contribution < -0.4 is 5.32 Å². The molecule has 2 heteroatoms. The summed E-state index contributed by atoms with van der Waals surface area (Å²) in [4.78, 5) is 0. The number of hydrogen-bond donors (Lipinski definition) is 1. The van der Waals surface area contributed by atoms with E-state index in [-0.39, 0.29) is 0 Å². The predicted octanol–water partition coefficient (Wildman–Crippen LogP) is 3.38. The molecule has 3 rings (SSSR count). The second-order valence-electron chi connectivity index (χ2n) is 5.90. The largest absolute Gasteiger partial charge is 0.349 e. The minimum atomic E-state index is 0.595. The molecule has 1 heterocycles. The van der Waals surface area contributed by atoms with E-state index in [1.807, 2.05) is 0 Å². The van der Waals surface area contributed by atoms with Gasteiger partial charge < -0.3 is 9.88 Å². The van der Waals surface area contributed by atoms with Gasteiger partial charge in [-0.05, 0) is 56.4 Å². The molecular weight excluding hydrogens is 244 g/mol. The van der Waals surface area contributed by atoms with Gasteiger partial charge >= 0.3 is 0 Å². The van der Waals surface area contributed by atoms with Crippen molar-refractivity contribution in [3.8, 4) is 0 Å². The quantitative estimate of drug-likeness (QED) is 0.899. The molecule has 1 aliphatic rings. The van der Waals surface area contributed by atoms with Crippen molar-refractivity contribution in [3.05, 3.63) is 58.4 Å². The Hall–Kier alpha value is -1.54. The van der Waals surface area contributed by atoms with E-state index in [0.29, 0.717) is 6.04 Å². The van der Waals surface area contributed by atoms with Crippen LogP contribution in [0, 0.1) is 13.8 Å². The lowest BCUT2D eigenvalue weighted by Crippen LogP contribution is -2.29. The summed E-state index contributed by atoms with van der Waals surface area (Å²) in [5, 5.41) is 3.74. The van der Waals surface area contributed by atoms with Gasteiger partial charge in [-0.1, -0.05) is 24.3 Å². The molecule has 1 aliphatic carbocycles. The highest BCUT2D eigenvalue weighted by molar-refractivity contribution is 5.33. The van der Waals surface area contributed by atoms with Crippen molar-refractivity contribution >= 4 is 0 Å². The molecule has 0 saturated carbocycles. The van der Waals surface area contributed by atoms with E-state index < -0.39 is 0 Å². The highest BCUT2D eigenvalue weighted by atomic mass is 15.0. The van der Waals surface area contributed by atoms with Crippen molar-refractivity contribution in [1.82, 2.24) is 9.88 Å². The summed E-state index contributed by atoms with van der Waals surface area (Å²) in [7, 11) is 0. The maximum Gasteiger partial charge on any atom is 0.0226 e. The average molecular weight is 268 g/mol. The summed E-state index contributed by atoms with van der Waals surface area (Å²) in [5.74, 6) is 0. The van der Waals surface area contributed by atoms with Gasteiger partial charge in [-0.15, -0.1) is 0 Å². The molecule has 0 aliphatic heterocycles. The number of aryl methyl sites for hydroxylation is 1. The zero-order valence-electron chi connectivity index (χ0n) is 12.7. The molecule has 0 unspecified atom stereocenters. The van der Waals surface area contributed by atoms with Gasteiger partial charge in [-0.25, -0.2) is 0 Å². The number of aromatic nitrogens is 1. The summed E-state index contributed by atoms with van der Waals surface area (Å²) in [6.45, 7) is 8.69. The first-order chi connectivity index (χ1) is 9.69. The highest BCUT2D eigenvalue weighted by Gasteiger charge is 2.20. The summed E-state index contributed by atoms with van der Waals surface area (Å²) in [6.07, 6.45) is 2.34. The van der Waals surface area contributed by atoms with Gasteiger partial charge in [-0.3, -0.25) is 0 Å². The minimum absolute atomic E-state index is 0.595. The third-order valence-electron chi connectivity index (χ3n) is 4.63. The van der Waals surface area contributed by atoms with E-state index >= 15 is 0 Å². The molecule has 1 aromatic carbocycles. The van der Waals surface area contributed by atoms with Gasteiger partial charge in [0.05, 0.1) is 0 Å². The van der Waals surface area contributed by atoms with E-state index in [0.717, 1.165) is 13.1 Å². The molecule has 0 fully saturated rings. The molecule has 0 spiro atoms. The number of benzene rings is 1. The molecule has 2 nitrogen and oxygen atoms in total. The zero-order chi connectivity index (χ0) is 14.1. The Bertz CT molecular complexity index is 585. The fraction of sp³-hybridized carbons (Fsp3) is 0.444. The van der Waals surface area contributed by atoms with E-state index in [4.69, 9.17) is 0 Å². The Balaban J connectivity index is 1.64. The van der Waals surface area contributed by atoms with Gasteiger partial charge in [-0.2, -0.15) is 0 Å². The SMILES string of the molecule is CCn1c(C)cc(CNC2Cc3ccccc3C2)c1C. The van der Waals surface area contributed by atoms with Gasteiger partial charge in [0, 0.05) is 30.5 Å². The van der Waals surface area contributed by atoms with Crippen molar-refractivity contribution < 1.29 is 0 Å². The van der Waals surface area contributed by atoms with E-state index in [1.54, 1.807) is 0 Å². The van der Waals surface area contributed by atoms with Crippen LogP contribution in [0.1, 0.15) is 35.0 Å². The lowest BCUT2D eigenvalue weighted by Gasteiger charge is -2.12. The normalized spacial score (nSPS) is 14.8. The predicted molar refractivity (Wildman–Crippen MR) is 84.1 cm³/mol. The standard InChI is InChI=1S/C18H24N2/c1-4-20-13(2)9-17(14(20)3)12-19-18-10-15-7-5-6-8-16(15)11-18/h5-9,18-19H,4,10-12H2,1-3H3. The van der Waals surface area contributed by atoms with Gasteiger partial charge in [0.15, 0.2) is 0 Å². The van der Waals surface area contributed by atoms with Crippen molar-refractivity contribution in [2.24, 2.45) is 0 Å². The van der Waals surface area contributed by atoms with E-state index in [2.05, 4.69) is 61.0 Å². The summed E-state index contributed by atoms with van der Waals surface area (Å²) < 4.78 is 2.39. The first kappa shape index (κ1) is 13.4. The maximum absolute atomic E-state index is 3.74. The average Bonchev–Trinajstić information content (AvgIpc) is 2.97. The summed E-state index contributed by atoms with van der Waals surface area (Å²) in [6, 6.07) is 11.7. The number of hydrogen-bond acceptors (Lipinski definition) is 1. The topological polar surface area (TPSA) is 17.0 Å². The maximum atomic E-state index is 3.74. The molecule has 1 aromatic heterocycles. The summed E-state index contributed by atoms with van der Waals surface area (Å²) >= 11 is 0. The van der Waals surface area contributed by atoms with Crippen LogP contribution in [-0.4, -0.2) is 10.6 Å². The monoisotopic (exact) mass is 268 g/mol. The molecule has 0 atom stereocenters. The van der Waals surface area contributed by atoms with Crippen molar-refractivity contribution in [3.63, 3.8) is 0 Å². The third-order valence-corrected chi connectivity index (χ3v) is 4.63. The van der Waals surface area contributed by atoms with Gasteiger partial charge in [0.25, 0.3) is 0 Å². The van der Waals surface area contributed by atoms with Crippen LogP contribution in [0.2, 0.25) is 0 Å². The Morgan fingerprint density at radius 3 is 2.35 bits per heavy atom. The molecule has 20 heavy (non-hydrogen) atoms. The third kappa shape index (κ3) is 2.40. The first-order valence-corrected chi connectivity index (χ1v) is 7.64. The minimum Gasteiger partial charge on any atom is -0.349 e. The van der Waals surface area contributed by atoms with Crippen LogP contribution in [0.15, 0.2) is 30.3 Å². The fourth-order valence-electron chi connectivity index (χ4n) is 3.50. The van der Waals surface area contributed by atoms with E-state index in [9.17, 15) is 0 Å². The van der Waals surface area contributed by atoms with Gasteiger partial charge in [0.1, 0.15) is 0 Å². The molecule has 0 saturated heterocycles. The first-order valence-electron chi connectivity index (χ1n) is 7.64. The van der Waals surface area contributed by atoms with Crippen molar-refractivity contribution in [2.45, 2.75) is 52.7 Å². The van der Waals surface area contributed by atoms with E-state index in [1.165, 1.54) is 40.9 Å².